The number of allylic oxidation sites excluding steroid dienone is 3. The molecule has 0 bridgehead atoms. The molecule has 2 aromatic carbocycles. The van der Waals surface area contributed by atoms with Gasteiger partial charge in [-0.25, -0.2) is 4.79 Å². The summed E-state index contributed by atoms with van der Waals surface area (Å²) in [4.78, 5) is 14.8. The van der Waals surface area contributed by atoms with Gasteiger partial charge in [-0.05, 0) is 91.4 Å². The van der Waals surface area contributed by atoms with Gasteiger partial charge >= 0.3 is 6.09 Å². The molecule has 4 rings (SSSR count). The first-order valence-electron chi connectivity index (χ1n) is 11.7. The van der Waals surface area contributed by atoms with Gasteiger partial charge in [-0.15, -0.1) is 0 Å². The topological polar surface area (TPSA) is 81.6 Å². The summed E-state index contributed by atoms with van der Waals surface area (Å²) in [5.74, 6) is 0.588. The number of nitrogens with zero attached hydrogens (tertiary/aromatic N) is 1. The summed E-state index contributed by atoms with van der Waals surface area (Å²) in [6.45, 7) is 8.91. The van der Waals surface area contributed by atoms with E-state index in [9.17, 15) is 4.79 Å². The highest BCUT2D eigenvalue weighted by Crippen LogP contribution is 2.24. The summed E-state index contributed by atoms with van der Waals surface area (Å²) >= 11 is 0. The van der Waals surface area contributed by atoms with Gasteiger partial charge in [0.1, 0.15) is 5.76 Å². The molecule has 4 N–H and O–H groups in total. The number of amides is 1. The molecule has 0 saturated heterocycles. The Kier molecular flexibility index (Phi) is 6.21. The van der Waals surface area contributed by atoms with Crippen LogP contribution < -0.4 is 21.9 Å². The Morgan fingerprint density at radius 2 is 1.61 bits per heavy atom. The molecule has 0 aliphatic heterocycles. The van der Waals surface area contributed by atoms with Gasteiger partial charge in [-0.1, -0.05) is 42.5 Å². The normalized spacial score (nSPS) is 14.8. The van der Waals surface area contributed by atoms with Crippen LogP contribution in [0.2, 0.25) is 0 Å². The first-order chi connectivity index (χ1) is 15.5. The van der Waals surface area contributed by atoms with Crippen molar-refractivity contribution in [1.82, 2.24) is 4.90 Å². The lowest BCUT2D eigenvalue weighted by Gasteiger charge is -2.29. The standard InChI is InChI=1S/C28H35N3O2/c1-27(2,29)14-16-31(17-15-28(3,4)30)26(32)33-21-10-13-23-20(18-21)9-12-24-22-7-5-6-19(22)8-11-25(23)24/h5-12,18H,13-17,29-30H2,1-4H3. The predicted molar refractivity (Wildman–Crippen MR) is 137 cm³/mol. The van der Waals surface area contributed by atoms with E-state index in [1.54, 1.807) is 4.90 Å². The van der Waals surface area contributed by atoms with Gasteiger partial charge in [-0.3, -0.25) is 0 Å². The third kappa shape index (κ3) is 5.55. The molecule has 0 atom stereocenters. The number of carbonyl (C=O) groups excluding carboxylic acids is 1. The Morgan fingerprint density at radius 1 is 0.970 bits per heavy atom. The Balaban J connectivity index is 1.54. The molecular formula is C28H35N3O2. The van der Waals surface area contributed by atoms with Gasteiger partial charge < -0.3 is 21.1 Å². The SMILES string of the molecule is CC(C)(N)CCN(CCC(C)(C)N)C(=O)OC1=CCc2c(ccc3c4c(ccc23)=CC=C4)=C1. The zero-order chi connectivity index (χ0) is 23.8. The smallest absolute Gasteiger partial charge is 0.411 e. The van der Waals surface area contributed by atoms with Crippen molar-refractivity contribution in [2.75, 3.05) is 13.1 Å². The Hall–Kier alpha value is -2.89. The van der Waals surface area contributed by atoms with Crippen LogP contribution in [0.1, 0.15) is 51.7 Å². The number of carbonyl (C=O) groups is 1. The number of ether oxygens (including phenoxy) is 1. The number of hydrogen-bond acceptors (Lipinski definition) is 4. The van der Waals surface area contributed by atoms with Crippen molar-refractivity contribution in [3.05, 3.63) is 63.7 Å². The van der Waals surface area contributed by atoms with Gasteiger partial charge in [0, 0.05) is 24.2 Å². The maximum Gasteiger partial charge on any atom is 0.415 e. The first-order valence-corrected chi connectivity index (χ1v) is 11.7. The fraction of sp³-hybridized carbons (Fsp3) is 0.393. The van der Waals surface area contributed by atoms with Gasteiger partial charge in [-0.2, -0.15) is 0 Å². The molecule has 0 heterocycles. The fourth-order valence-corrected chi connectivity index (χ4v) is 4.26. The third-order valence-electron chi connectivity index (χ3n) is 6.28. The van der Waals surface area contributed by atoms with Gasteiger partial charge in [0.25, 0.3) is 0 Å². The van der Waals surface area contributed by atoms with Gasteiger partial charge in [0.2, 0.25) is 0 Å². The van der Waals surface area contributed by atoms with E-state index in [-0.39, 0.29) is 17.2 Å². The maximum absolute atomic E-state index is 13.0. The van der Waals surface area contributed by atoms with Crippen LogP contribution in [-0.2, 0) is 11.2 Å². The average Bonchev–Trinajstić information content (AvgIpc) is 3.20. The van der Waals surface area contributed by atoms with E-state index in [0.717, 1.165) is 11.6 Å². The summed E-state index contributed by atoms with van der Waals surface area (Å²) in [5, 5.41) is 4.87. The van der Waals surface area contributed by atoms with Crippen LogP contribution in [-0.4, -0.2) is 35.2 Å². The van der Waals surface area contributed by atoms with Crippen LogP contribution in [0.5, 0.6) is 0 Å². The predicted octanol–water partition coefficient (Wildman–Crippen LogP) is 3.56. The second-order valence-electron chi connectivity index (χ2n) is 10.6. The van der Waals surface area contributed by atoms with E-state index < -0.39 is 0 Å². The first kappa shape index (κ1) is 23.3. The highest BCUT2D eigenvalue weighted by atomic mass is 16.6. The van der Waals surface area contributed by atoms with Crippen LogP contribution in [0, 0.1) is 0 Å². The second kappa shape index (κ2) is 8.81. The summed E-state index contributed by atoms with van der Waals surface area (Å²) in [7, 11) is 0. The molecule has 2 aliphatic rings. The molecule has 174 valence electrons. The van der Waals surface area contributed by atoms with Crippen molar-refractivity contribution in [3.63, 3.8) is 0 Å². The van der Waals surface area contributed by atoms with E-state index in [1.807, 2.05) is 39.8 Å². The van der Waals surface area contributed by atoms with Crippen LogP contribution in [0.15, 0.2) is 42.2 Å². The molecule has 0 spiro atoms. The molecule has 0 fully saturated rings. The number of nitrogens with two attached hydrogens (primary N) is 2. The highest BCUT2D eigenvalue weighted by Gasteiger charge is 2.23. The van der Waals surface area contributed by atoms with Crippen molar-refractivity contribution < 1.29 is 9.53 Å². The van der Waals surface area contributed by atoms with Crippen molar-refractivity contribution in [2.24, 2.45) is 11.5 Å². The zero-order valence-corrected chi connectivity index (χ0v) is 20.2. The van der Waals surface area contributed by atoms with E-state index in [4.69, 9.17) is 16.2 Å². The quantitative estimate of drug-likeness (QED) is 0.683. The molecule has 0 aromatic heterocycles. The van der Waals surface area contributed by atoms with Gasteiger partial charge in [0.15, 0.2) is 0 Å². The Labute approximate surface area is 196 Å². The summed E-state index contributed by atoms with van der Waals surface area (Å²) < 4.78 is 5.82. The Bertz CT molecular complexity index is 1240. The average molecular weight is 446 g/mol. The third-order valence-corrected chi connectivity index (χ3v) is 6.28. The molecule has 2 aliphatic carbocycles. The molecule has 0 unspecified atom stereocenters. The number of benzene rings is 2. The van der Waals surface area contributed by atoms with Crippen LogP contribution in [0.3, 0.4) is 0 Å². The van der Waals surface area contributed by atoms with E-state index in [0.29, 0.717) is 31.7 Å². The molecule has 0 saturated carbocycles. The minimum absolute atomic E-state index is 0.353. The second-order valence-corrected chi connectivity index (χ2v) is 10.6. The van der Waals surface area contributed by atoms with E-state index in [2.05, 4.69) is 42.5 Å². The lowest BCUT2D eigenvalue weighted by molar-refractivity contribution is 0.125. The minimum Gasteiger partial charge on any atom is -0.411 e. The van der Waals surface area contributed by atoms with Crippen LogP contribution in [0.4, 0.5) is 4.79 Å². The number of hydrogen-bond donors (Lipinski definition) is 2. The molecule has 1 amide bonds. The molecule has 5 nitrogen and oxygen atoms in total. The number of rotatable bonds is 7. The maximum atomic E-state index is 13.0. The van der Waals surface area contributed by atoms with Gasteiger partial charge in [0.05, 0.1) is 0 Å². The number of fused-ring (bicyclic) bond motifs is 5. The lowest BCUT2D eigenvalue weighted by Crippen LogP contribution is -2.43. The van der Waals surface area contributed by atoms with Crippen molar-refractivity contribution in [2.45, 2.75) is 58.0 Å². The minimum atomic E-state index is -0.361. The largest absolute Gasteiger partial charge is 0.415 e. The van der Waals surface area contributed by atoms with E-state index >= 15 is 0 Å². The van der Waals surface area contributed by atoms with E-state index in [1.165, 1.54) is 27.1 Å². The van der Waals surface area contributed by atoms with Crippen molar-refractivity contribution in [1.29, 1.82) is 0 Å². The molecular weight excluding hydrogens is 410 g/mol. The zero-order valence-electron chi connectivity index (χ0n) is 20.2. The lowest BCUT2D eigenvalue weighted by atomic mass is 9.94. The highest BCUT2D eigenvalue weighted by molar-refractivity contribution is 5.96. The Morgan fingerprint density at radius 3 is 2.27 bits per heavy atom. The molecule has 0 radical (unpaired) electrons. The van der Waals surface area contributed by atoms with Crippen molar-refractivity contribution >= 4 is 35.1 Å². The van der Waals surface area contributed by atoms with Crippen molar-refractivity contribution in [3.8, 4) is 0 Å². The summed E-state index contributed by atoms with van der Waals surface area (Å²) in [6, 6.07) is 8.65. The fourth-order valence-electron chi connectivity index (χ4n) is 4.26. The van der Waals surface area contributed by atoms with Crippen LogP contribution in [0.25, 0.3) is 29.0 Å². The molecule has 33 heavy (non-hydrogen) atoms. The monoisotopic (exact) mass is 445 g/mol. The summed E-state index contributed by atoms with van der Waals surface area (Å²) in [6.07, 6.45) is 12.1. The molecule has 2 aromatic rings. The van der Waals surface area contributed by atoms with Crippen LogP contribution >= 0.6 is 0 Å². The summed E-state index contributed by atoms with van der Waals surface area (Å²) in [5.41, 5.74) is 14.1. The molecule has 5 heteroatoms.